The van der Waals surface area contributed by atoms with E-state index >= 15 is 0 Å². The van der Waals surface area contributed by atoms with Crippen molar-refractivity contribution >= 4 is 28.3 Å². The largest absolute Gasteiger partial charge is 0.496 e. The minimum Gasteiger partial charge on any atom is -0.496 e. The first kappa shape index (κ1) is 25.0. The highest BCUT2D eigenvalue weighted by Crippen LogP contribution is 2.37. The van der Waals surface area contributed by atoms with Gasteiger partial charge in [-0.3, -0.25) is 0 Å². The van der Waals surface area contributed by atoms with Crippen LogP contribution in [0, 0.1) is 5.82 Å². The lowest BCUT2D eigenvalue weighted by molar-refractivity contribution is 0.277. The summed E-state index contributed by atoms with van der Waals surface area (Å²) < 4.78 is 31.3. The van der Waals surface area contributed by atoms with Crippen molar-refractivity contribution in [2.24, 2.45) is 0 Å². The molecule has 166 valence electrons. The quantitative estimate of drug-likeness (QED) is 0.343. The van der Waals surface area contributed by atoms with Crippen molar-refractivity contribution in [1.29, 1.82) is 0 Å². The molecule has 0 unspecified atom stereocenters. The minimum atomic E-state index is -0.288. The molecular formula is C24H26BrClFNO3. The van der Waals surface area contributed by atoms with Gasteiger partial charge in [-0.05, 0) is 64.3 Å². The maximum absolute atomic E-state index is 13.8. The predicted octanol–water partition coefficient (Wildman–Crippen LogP) is 5.94. The van der Waals surface area contributed by atoms with Crippen LogP contribution in [0.5, 0.6) is 17.2 Å². The first-order chi connectivity index (χ1) is 14.6. The monoisotopic (exact) mass is 509 g/mol. The summed E-state index contributed by atoms with van der Waals surface area (Å²) in [4.78, 5) is 0. The molecule has 0 atom stereocenters. The molecule has 3 rings (SSSR count). The lowest BCUT2D eigenvalue weighted by atomic mass is 10.1. The lowest BCUT2D eigenvalue weighted by Gasteiger charge is -2.15. The Morgan fingerprint density at radius 1 is 0.903 bits per heavy atom. The van der Waals surface area contributed by atoms with Crippen LogP contribution in [0.1, 0.15) is 16.7 Å². The summed E-state index contributed by atoms with van der Waals surface area (Å²) in [5.41, 5.74) is 2.72. The van der Waals surface area contributed by atoms with Crippen LogP contribution in [0.2, 0.25) is 0 Å². The molecule has 0 radical (unpaired) electrons. The van der Waals surface area contributed by atoms with Gasteiger partial charge in [-0.2, -0.15) is 0 Å². The van der Waals surface area contributed by atoms with Crippen molar-refractivity contribution in [3.8, 4) is 17.2 Å². The van der Waals surface area contributed by atoms with Crippen LogP contribution in [0.15, 0.2) is 65.1 Å². The van der Waals surface area contributed by atoms with Crippen LogP contribution >= 0.6 is 28.3 Å². The molecule has 0 aliphatic heterocycles. The Morgan fingerprint density at radius 3 is 2.29 bits per heavy atom. The van der Waals surface area contributed by atoms with Crippen molar-refractivity contribution in [3.63, 3.8) is 0 Å². The fourth-order valence-electron chi connectivity index (χ4n) is 3.15. The van der Waals surface area contributed by atoms with E-state index < -0.39 is 0 Å². The van der Waals surface area contributed by atoms with Gasteiger partial charge >= 0.3 is 0 Å². The predicted molar refractivity (Wildman–Crippen MR) is 127 cm³/mol. The fraction of sp³-hybridized carbons (Fsp3) is 0.250. The average molecular weight is 511 g/mol. The molecule has 31 heavy (non-hydrogen) atoms. The summed E-state index contributed by atoms with van der Waals surface area (Å²) in [7, 11) is 3.28. The number of methoxy groups -OCH3 is 2. The Labute approximate surface area is 197 Å². The van der Waals surface area contributed by atoms with Gasteiger partial charge in [-0.25, -0.2) is 4.39 Å². The van der Waals surface area contributed by atoms with E-state index in [2.05, 4.69) is 27.3 Å². The summed E-state index contributed by atoms with van der Waals surface area (Å²) in [6.07, 6.45) is 0.867. The maximum atomic E-state index is 13.8. The Balaban J connectivity index is 0.00000341. The van der Waals surface area contributed by atoms with E-state index in [4.69, 9.17) is 14.2 Å². The molecule has 1 N–H and O–H groups in total. The molecule has 0 saturated heterocycles. The van der Waals surface area contributed by atoms with Gasteiger partial charge in [0.25, 0.3) is 0 Å². The van der Waals surface area contributed by atoms with E-state index in [0.29, 0.717) is 23.6 Å². The first-order valence-corrected chi connectivity index (χ1v) is 10.5. The lowest BCUT2D eigenvalue weighted by Crippen LogP contribution is -2.17. The molecular weight excluding hydrogens is 485 g/mol. The highest BCUT2D eigenvalue weighted by Gasteiger charge is 2.13. The second-order valence-electron chi connectivity index (χ2n) is 6.73. The van der Waals surface area contributed by atoms with Crippen LogP contribution < -0.4 is 19.5 Å². The van der Waals surface area contributed by atoms with Gasteiger partial charge in [0.05, 0.1) is 18.7 Å². The SMILES string of the molecule is COc1ccccc1CCNCc1cc(Br)c(OCc2ccccc2F)c(OC)c1.Cl. The Kier molecular flexibility index (Phi) is 10.1. The third kappa shape index (κ3) is 6.86. The third-order valence-electron chi connectivity index (χ3n) is 4.71. The number of hydrogen-bond acceptors (Lipinski definition) is 4. The third-order valence-corrected chi connectivity index (χ3v) is 5.30. The van der Waals surface area contributed by atoms with Gasteiger partial charge in [0.15, 0.2) is 11.5 Å². The Hall–Kier alpha value is -2.28. The summed E-state index contributed by atoms with van der Waals surface area (Å²) in [6.45, 7) is 1.61. The number of benzene rings is 3. The van der Waals surface area contributed by atoms with Crippen molar-refractivity contribution in [2.75, 3.05) is 20.8 Å². The molecule has 0 aliphatic rings. The molecule has 0 amide bonds. The van der Waals surface area contributed by atoms with Gasteiger partial charge in [-0.15, -0.1) is 12.4 Å². The molecule has 0 aromatic heterocycles. The zero-order valence-corrected chi connectivity index (χ0v) is 19.9. The van der Waals surface area contributed by atoms with E-state index in [-0.39, 0.29) is 24.8 Å². The number of nitrogens with one attached hydrogen (secondary N) is 1. The van der Waals surface area contributed by atoms with Crippen LogP contribution in [0.3, 0.4) is 0 Å². The van der Waals surface area contributed by atoms with Crippen LogP contribution in [0.4, 0.5) is 4.39 Å². The van der Waals surface area contributed by atoms with Gasteiger partial charge < -0.3 is 19.5 Å². The molecule has 4 nitrogen and oxygen atoms in total. The van der Waals surface area contributed by atoms with Crippen LogP contribution in [0.25, 0.3) is 0 Å². The van der Waals surface area contributed by atoms with Gasteiger partial charge in [-0.1, -0.05) is 36.4 Å². The van der Waals surface area contributed by atoms with E-state index in [1.54, 1.807) is 32.4 Å². The first-order valence-electron chi connectivity index (χ1n) is 9.67. The smallest absolute Gasteiger partial charge is 0.175 e. The highest BCUT2D eigenvalue weighted by molar-refractivity contribution is 9.10. The second-order valence-corrected chi connectivity index (χ2v) is 7.58. The van der Waals surface area contributed by atoms with Crippen molar-refractivity contribution in [3.05, 3.63) is 87.6 Å². The molecule has 3 aromatic rings. The number of hydrogen-bond donors (Lipinski definition) is 1. The number of rotatable bonds is 10. The number of halogens is 3. The molecule has 3 aromatic carbocycles. The van der Waals surface area contributed by atoms with Gasteiger partial charge in [0, 0.05) is 12.1 Å². The zero-order chi connectivity index (χ0) is 21.3. The van der Waals surface area contributed by atoms with E-state index in [1.807, 2.05) is 30.3 Å². The number of para-hydroxylation sites is 1. The fourth-order valence-corrected chi connectivity index (χ4v) is 3.75. The maximum Gasteiger partial charge on any atom is 0.175 e. The summed E-state index contributed by atoms with van der Waals surface area (Å²) in [6, 6.07) is 18.5. The van der Waals surface area contributed by atoms with E-state index in [0.717, 1.165) is 28.8 Å². The Bertz CT molecular complexity index is 987. The average Bonchev–Trinajstić information content (AvgIpc) is 2.77. The minimum absolute atomic E-state index is 0. The molecule has 7 heteroatoms. The molecule has 0 fully saturated rings. The summed E-state index contributed by atoms with van der Waals surface area (Å²) >= 11 is 3.55. The van der Waals surface area contributed by atoms with Crippen LogP contribution in [-0.4, -0.2) is 20.8 Å². The van der Waals surface area contributed by atoms with Crippen molar-refractivity contribution < 1.29 is 18.6 Å². The summed E-state index contributed by atoms with van der Waals surface area (Å²) in [5, 5.41) is 3.44. The van der Waals surface area contributed by atoms with Crippen molar-refractivity contribution in [2.45, 2.75) is 19.6 Å². The topological polar surface area (TPSA) is 39.7 Å². The highest BCUT2D eigenvalue weighted by atomic mass is 79.9. The van der Waals surface area contributed by atoms with Gasteiger partial charge in [0.2, 0.25) is 0 Å². The number of ether oxygens (including phenoxy) is 3. The van der Waals surface area contributed by atoms with E-state index in [9.17, 15) is 4.39 Å². The second kappa shape index (κ2) is 12.5. The molecule has 0 heterocycles. The molecule has 0 bridgehead atoms. The Morgan fingerprint density at radius 2 is 1.58 bits per heavy atom. The standard InChI is InChI=1S/C24H25BrFNO3.ClH/c1-28-22-10-6-4-7-18(22)11-12-27-15-17-13-20(25)24(23(14-17)29-2)30-16-19-8-3-5-9-21(19)26;/h3-10,13-14,27H,11-12,15-16H2,1-2H3;1H. The normalized spacial score (nSPS) is 10.3. The van der Waals surface area contributed by atoms with Gasteiger partial charge in [0.1, 0.15) is 18.2 Å². The summed E-state index contributed by atoms with van der Waals surface area (Å²) in [5.74, 6) is 1.77. The van der Waals surface area contributed by atoms with Crippen LogP contribution in [-0.2, 0) is 19.6 Å². The zero-order valence-electron chi connectivity index (χ0n) is 17.5. The van der Waals surface area contributed by atoms with E-state index in [1.165, 1.54) is 11.6 Å². The molecule has 0 aliphatic carbocycles. The van der Waals surface area contributed by atoms with Crippen molar-refractivity contribution in [1.82, 2.24) is 5.32 Å². The molecule has 0 saturated carbocycles. The molecule has 0 spiro atoms.